The van der Waals surface area contributed by atoms with E-state index < -0.39 is 0 Å². The third-order valence-electron chi connectivity index (χ3n) is 3.42. The molecule has 0 heterocycles. The van der Waals surface area contributed by atoms with Gasteiger partial charge in [-0.05, 0) is 24.6 Å². The lowest BCUT2D eigenvalue weighted by Gasteiger charge is -2.19. The molecule has 0 bridgehead atoms. The van der Waals surface area contributed by atoms with E-state index in [0.717, 1.165) is 16.3 Å². The van der Waals surface area contributed by atoms with Crippen LogP contribution in [0.3, 0.4) is 0 Å². The van der Waals surface area contributed by atoms with Gasteiger partial charge in [-0.1, -0.05) is 23.7 Å². The van der Waals surface area contributed by atoms with Crippen molar-refractivity contribution in [1.82, 2.24) is 0 Å². The fourth-order valence-corrected chi connectivity index (χ4v) is 2.38. The van der Waals surface area contributed by atoms with Crippen molar-refractivity contribution in [1.29, 1.82) is 0 Å². The van der Waals surface area contributed by atoms with Crippen LogP contribution >= 0.6 is 11.6 Å². The van der Waals surface area contributed by atoms with Gasteiger partial charge in [-0.25, -0.2) is 0 Å². The SMILES string of the molecule is COc1cc(NC(C)c2ccc(Cl)cc2)cc(OC)c1OC. The summed E-state index contributed by atoms with van der Waals surface area (Å²) in [6.07, 6.45) is 0. The van der Waals surface area contributed by atoms with Gasteiger partial charge < -0.3 is 19.5 Å². The Bertz CT molecular complexity index is 603. The maximum atomic E-state index is 5.92. The summed E-state index contributed by atoms with van der Waals surface area (Å²) in [4.78, 5) is 0. The van der Waals surface area contributed by atoms with Crippen molar-refractivity contribution >= 4 is 17.3 Å². The zero-order valence-electron chi connectivity index (χ0n) is 13.1. The molecule has 0 aromatic heterocycles. The van der Waals surface area contributed by atoms with Crippen LogP contribution < -0.4 is 19.5 Å². The second-order valence-electron chi connectivity index (χ2n) is 4.83. The van der Waals surface area contributed by atoms with E-state index in [1.165, 1.54) is 0 Å². The Morgan fingerprint density at radius 2 is 1.45 bits per heavy atom. The largest absolute Gasteiger partial charge is 0.493 e. The molecule has 0 amide bonds. The van der Waals surface area contributed by atoms with Crippen LogP contribution in [0.5, 0.6) is 17.2 Å². The minimum atomic E-state index is 0.111. The van der Waals surface area contributed by atoms with Gasteiger partial charge in [0.25, 0.3) is 0 Å². The molecule has 4 nitrogen and oxygen atoms in total. The number of rotatable bonds is 6. The summed E-state index contributed by atoms with van der Waals surface area (Å²) in [5, 5.41) is 4.15. The van der Waals surface area contributed by atoms with Crippen LogP contribution in [0.1, 0.15) is 18.5 Å². The van der Waals surface area contributed by atoms with Crippen LogP contribution in [0.4, 0.5) is 5.69 Å². The van der Waals surface area contributed by atoms with Gasteiger partial charge in [0.2, 0.25) is 5.75 Å². The van der Waals surface area contributed by atoms with Crippen LogP contribution in [0.25, 0.3) is 0 Å². The number of ether oxygens (including phenoxy) is 3. The Hall–Kier alpha value is -2.07. The Kier molecular flexibility index (Phi) is 5.39. The Morgan fingerprint density at radius 1 is 0.909 bits per heavy atom. The number of anilines is 1. The average Bonchev–Trinajstić information content (AvgIpc) is 2.54. The fourth-order valence-electron chi connectivity index (χ4n) is 2.25. The minimum absolute atomic E-state index is 0.111. The first-order chi connectivity index (χ1) is 10.6. The maximum Gasteiger partial charge on any atom is 0.203 e. The summed E-state index contributed by atoms with van der Waals surface area (Å²) >= 11 is 5.92. The number of hydrogen-bond acceptors (Lipinski definition) is 4. The molecule has 22 heavy (non-hydrogen) atoms. The molecule has 2 rings (SSSR count). The lowest BCUT2D eigenvalue weighted by atomic mass is 10.1. The summed E-state index contributed by atoms with van der Waals surface area (Å²) in [6.45, 7) is 2.08. The summed E-state index contributed by atoms with van der Waals surface area (Å²) in [5.41, 5.74) is 2.02. The van der Waals surface area contributed by atoms with E-state index in [0.29, 0.717) is 17.2 Å². The van der Waals surface area contributed by atoms with E-state index in [1.54, 1.807) is 21.3 Å². The molecule has 1 atom stereocenters. The van der Waals surface area contributed by atoms with Crippen molar-refractivity contribution in [3.8, 4) is 17.2 Å². The topological polar surface area (TPSA) is 39.7 Å². The summed E-state index contributed by atoms with van der Waals surface area (Å²) in [5.74, 6) is 1.81. The van der Waals surface area contributed by atoms with Gasteiger partial charge in [-0.15, -0.1) is 0 Å². The predicted molar refractivity (Wildman–Crippen MR) is 89.6 cm³/mol. The van der Waals surface area contributed by atoms with Crippen molar-refractivity contribution < 1.29 is 14.2 Å². The molecule has 2 aromatic rings. The predicted octanol–water partition coefficient (Wildman–Crippen LogP) is 4.54. The van der Waals surface area contributed by atoms with E-state index in [1.807, 2.05) is 36.4 Å². The Morgan fingerprint density at radius 3 is 1.91 bits per heavy atom. The molecule has 0 radical (unpaired) electrons. The first-order valence-corrected chi connectivity index (χ1v) is 7.28. The number of halogens is 1. The third-order valence-corrected chi connectivity index (χ3v) is 3.67. The smallest absolute Gasteiger partial charge is 0.203 e. The molecule has 2 aromatic carbocycles. The van der Waals surface area contributed by atoms with Crippen molar-refractivity contribution in [2.45, 2.75) is 13.0 Å². The van der Waals surface area contributed by atoms with Gasteiger partial charge in [-0.3, -0.25) is 0 Å². The fraction of sp³-hybridized carbons (Fsp3) is 0.294. The zero-order valence-corrected chi connectivity index (χ0v) is 13.9. The minimum Gasteiger partial charge on any atom is -0.493 e. The Balaban J connectivity index is 2.27. The van der Waals surface area contributed by atoms with Gasteiger partial charge in [0.15, 0.2) is 11.5 Å². The molecule has 1 N–H and O–H groups in total. The lowest BCUT2D eigenvalue weighted by Crippen LogP contribution is -2.07. The van der Waals surface area contributed by atoms with E-state index in [9.17, 15) is 0 Å². The van der Waals surface area contributed by atoms with Crippen LogP contribution in [0, 0.1) is 0 Å². The van der Waals surface area contributed by atoms with Crippen molar-refractivity contribution in [3.63, 3.8) is 0 Å². The van der Waals surface area contributed by atoms with Crippen LogP contribution in [0.15, 0.2) is 36.4 Å². The molecule has 0 saturated heterocycles. The van der Waals surface area contributed by atoms with Crippen LogP contribution in [0.2, 0.25) is 5.02 Å². The molecule has 0 spiro atoms. The highest BCUT2D eigenvalue weighted by Crippen LogP contribution is 2.40. The third kappa shape index (κ3) is 3.57. The molecule has 0 aliphatic heterocycles. The highest BCUT2D eigenvalue weighted by Gasteiger charge is 2.14. The zero-order chi connectivity index (χ0) is 16.1. The molecule has 0 aliphatic rings. The average molecular weight is 322 g/mol. The molecule has 1 unspecified atom stereocenters. The quantitative estimate of drug-likeness (QED) is 0.848. The standard InChI is InChI=1S/C17H20ClNO3/c1-11(12-5-7-13(18)8-6-12)19-14-9-15(20-2)17(22-4)16(10-14)21-3/h5-11,19H,1-4H3. The summed E-state index contributed by atoms with van der Waals surface area (Å²) < 4.78 is 16.0. The molecule has 0 saturated carbocycles. The monoisotopic (exact) mass is 321 g/mol. The van der Waals surface area contributed by atoms with Gasteiger partial charge in [0.1, 0.15) is 0 Å². The first-order valence-electron chi connectivity index (χ1n) is 6.91. The highest BCUT2D eigenvalue weighted by molar-refractivity contribution is 6.30. The van der Waals surface area contributed by atoms with E-state index in [2.05, 4.69) is 12.2 Å². The van der Waals surface area contributed by atoms with Crippen molar-refractivity contribution in [2.75, 3.05) is 26.6 Å². The number of benzene rings is 2. The number of methoxy groups -OCH3 is 3. The van der Waals surface area contributed by atoms with E-state index in [-0.39, 0.29) is 6.04 Å². The molecule has 118 valence electrons. The molecule has 5 heteroatoms. The number of nitrogens with one attached hydrogen (secondary N) is 1. The van der Waals surface area contributed by atoms with Gasteiger partial charge >= 0.3 is 0 Å². The maximum absolute atomic E-state index is 5.92. The Labute approximate surface area is 136 Å². The molecule has 0 fully saturated rings. The van der Waals surface area contributed by atoms with Gasteiger partial charge in [-0.2, -0.15) is 0 Å². The summed E-state index contributed by atoms with van der Waals surface area (Å²) in [6, 6.07) is 11.6. The van der Waals surface area contributed by atoms with E-state index in [4.69, 9.17) is 25.8 Å². The van der Waals surface area contributed by atoms with Gasteiger partial charge in [0.05, 0.1) is 21.3 Å². The summed E-state index contributed by atoms with van der Waals surface area (Å²) in [7, 11) is 4.79. The second-order valence-corrected chi connectivity index (χ2v) is 5.27. The highest BCUT2D eigenvalue weighted by atomic mass is 35.5. The van der Waals surface area contributed by atoms with Crippen molar-refractivity contribution in [2.24, 2.45) is 0 Å². The normalized spacial score (nSPS) is 11.7. The molecular formula is C17H20ClNO3. The lowest BCUT2D eigenvalue weighted by molar-refractivity contribution is 0.324. The van der Waals surface area contributed by atoms with Crippen molar-refractivity contribution in [3.05, 3.63) is 47.0 Å². The number of hydrogen-bond donors (Lipinski definition) is 1. The second kappa shape index (κ2) is 7.27. The van der Waals surface area contributed by atoms with Crippen LogP contribution in [-0.2, 0) is 0 Å². The molecule has 0 aliphatic carbocycles. The first kappa shape index (κ1) is 16.3. The van der Waals surface area contributed by atoms with Gasteiger partial charge in [0, 0.05) is 28.9 Å². The molecular weight excluding hydrogens is 302 g/mol. The van der Waals surface area contributed by atoms with E-state index >= 15 is 0 Å². The van der Waals surface area contributed by atoms with Crippen LogP contribution in [-0.4, -0.2) is 21.3 Å².